The molecule has 0 fully saturated rings. The first kappa shape index (κ1) is 10.2. The van der Waals surface area contributed by atoms with Crippen molar-refractivity contribution in [2.75, 3.05) is 6.54 Å². The van der Waals surface area contributed by atoms with Crippen molar-refractivity contribution in [3.05, 3.63) is 33.8 Å². The highest BCUT2D eigenvalue weighted by Crippen LogP contribution is 2.18. The summed E-state index contributed by atoms with van der Waals surface area (Å²) >= 11 is 3.40. The summed E-state index contributed by atoms with van der Waals surface area (Å²) in [5.41, 5.74) is 1.52. The molecule has 1 aromatic carbocycles. The molecule has 4 heteroatoms. The molecule has 15 heavy (non-hydrogen) atoms. The number of nitriles is 1. The Morgan fingerprint density at radius 2 is 2.40 bits per heavy atom. The molecular formula is C11H10BrN3. The van der Waals surface area contributed by atoms with Crippen LogP contribution in [0.3, 0.4) is 0 Å². The van der Waals surface area contributed by atoms with Gasteiger partial charge in [0.2, 0.25) is 0 Å². The van der Waals surface area contributed by atoms with Crippen molar-refractivity contribution >= 4 is 21.8 Å². The average Bonchev–Trinajstić information content (AvgIpc) is 2.65. The zero-order valence-electron chi connectivity index (χ0n) is 8.29. The van der Waals surface area contributed by atoms with Gasteiger partial charge >= 0.3 is 0 Å². The lowest BCUT2D eigenvalue weighted by molar-refractivity contribution is 0.726. The summed E-state index contributed by atoms with van der Waals surface area (Å²) in [6, 6.07) is 8.10. The monoisotopic (exact) mass is 263 g/mol. The van der Waals surface area contributed by atoms with Crippen LogP contribution >= 0.6 is 15.9 Å². The number of amidine groups is 1. The Balaban J connectivity index is 2.44. The van der Waals surface area contributed by atoms with Gasteiger partial charge in [0.05, 0.1) is 18.2 Å². The van der Waals surface area contributed by atoms with E-state index in [1.165, 1.54) is 0 Å². The smallest absolute Gasteiger partial charge is 0.129 e. The fraction of sp³-hybridized carbons (Fsp3) is 0.273. The predicted octanol–water partition coefficient (Wildman–Crippen LogP) is 2.06. The van der Waals surface area contributed by atoms with Crippen LogP contribution in [-0.4, -0.2) is 18.4 Å². The maximum atomic E-state index is 8.99. The summed E-state index contributed by atoms with van der Waals surface area (Å²) in [5, 5.41) is 12.2. The van der Waals surface area contributed by atoms with Gasteiger partial charge in [0.25, 0.3) is 0 Å². The van der Waals surface area contributed by atoms with Gasteiger partial charge in [-0.1, -0.05) is 15.9 Å². The number of aliphatic imine (C=N–C) groups is 1. The zero-order chi connectivity index (χ0) is 10.8. The van der Waals surface area contributed by atoms with Gasteiger partial charge in [-0.05, 0) is 25.1 Å². The number of rotatable bonds is 1. The molecule has 0 saturated heterocycles. The lowest BCUT2D eigenvalue weighted by Crippen LogP contribution is -2.28. The first-order valence-electron chi connectivity index (χ1n) is 4.71. The zero-order valence-corrected chi connectivity index (χ0v) is 9.87. The molecule has 1 atom stereocenters. The summed E-state index contributed by atoms with van der Waals surface area (Å²) in [7, 11) is 0. The number of benzene rings is 1. The quantitative estimate of drug-likeness (QED) is 0.844. The topological polar surface area (TPSA) is 48.2 Å². The van der Waals surface area contributed by atoms with E-state index in [-0.39, 0.29) is 0 Å². The third kappa shape index (κ3) is 2.02. The molecule has 76 valence electrons. The molecule has 0 bridgehead atoms. The SMILES string of the molecule is CC1CN=C(c2cc(Br)ccc2C#N)N1. The molecule has 1 unspecified atom stereocenters. The van der Waals surface area contributed by atoms with Gasteiger partial charge in [0.15, 0.2) is 0 Å². The fourth-order valence-corrected chi connectivity index (χ4v) is 1.89. The third-order valence-electron chi connectivity index (χ3n) is 2.26. The molecule has 0 aromatic heterocycles. The highest BCUT2D eigenvalue weighted by atomic mass is 79.9. The maximum Gasteiger partial charge on any atom is 0.129 e. The van der Waals surface area contributed by atoms with Crippen LogP contribution < -0.4 is 5.32 Å². The Bertz CT molecular complexity index is 459. The van der Waals surface area contributed by atoms with Gasteiger partial charge in [-0.15, -0.1) is 0 Å². The lowest BCUT2D eigenvalue weighted by atomic mass is 10.1. The second-order valence-corrected chi connectivity index (χ2v) is 4.45. The van der Waals surface area contributed by atoms with E-state index in [1.54, 1.807) is 6.07 Å². The second kappa shape index (κ2) is 4.03. The van der Waals surface area contributed by atoms with Crippen molar-refractivity contribution in [2.24, 2.45) is 4.99 Å². The van der Waals surface area contributed by atoms with Crippen LogP contribution in [0.2, 0.25) is 0 Å². The van der Waals surface area contributed by atoms with Crippen LogP contribution in [0.15, 0.2) is 27.7 Å². The van der Waals surface area contributed by atoms with Gasteiger partial charge in [-0.3, -0.25) is 4.99 Å². The summed E-state index contributed by atoms with van der Waals surface area (Å²) in [4.78, 5) is 4.37. The van der Waals surface area contributed by atoms with Crippen LogP contribution in [0.5, 0.6) is 0 Å². The number of halogens is 1. The van der Waals surface area contributed by atoms with Crippen LogP contribution in [0.4, 0.5) is 0 Å². The maximum absolute atomic E-state index is 8.99. The van der Waals surface area contributed by atoms with Crippen molar-refractivity contribution in [1.82, 2.24) is 5.32 Å². The largest absolute Gasteiger partial charge is 0.366 e. The van der Waals surface area contributed by atoms with E-state index in [1.807, 2.05) is 12.1 Å². The van der Waals surface area contributed by atoms with Crippen molar-refractivity contribution in [2.45, 2.75) is 13.0 Å². The normalized spacial score (nSPS) is 19.3. The Morgan fingerprint density at radius 1 is 1.60 bits per heavy atom. The van der Waals surface area contributed by atoms with Crippen LogP contribution in [-0.2, 0) is 0 Å². The molecule has 1 heterocycles. The number of nitrogens with zero attached hydrogens (tertiary/aromatic N) is 2. The Hall–Kier alpha value is -1.34. The number of hydrogen-bond donors (Lipinski definition) is 1. The third-order valence-corrected chi connectivity index (χ3v) is 2.76. The number of nitrogens with one attached hydrogen (secondary N) is 1. The summed E-state index contributed by atoms with van der Waals surface area (Å²) in [6.07, 6.45) is 0. The van der Waals surface area contributed by atoms with E-state index in [4.69, 9.17) is 5.26 Å². The van der Waals surface area contributed by atoms with E-state index in [2.05, 4.69) is 39.2 Å². The minimum Gasteiger partial charge on any atom is -0.366 e. The highest BCUT2D eigenvalue weighted by molar-refractivity contribution is 9.10. The molecule has 1 aliphatic rings. The second-order valence-electron chi connectivity index (χ2n) is 3.54. The van der Waals surface area contributed by atoms with Gasteiger partial charge in [0.1, 0.15) is 5.84 Å². The summed E-state index contributed by atoms with van der Waals surface area (Å²) in [6.45, 7) is 2.84. The molecule has 1 aromatic rings. The van der Waals surface area contributed by atoms with E-state index < -0.39 is 0 Å². The van der Waals surface area contributed by atoms with Gasteiger partial charge in [0, 0.05) is 16.1 Å². The molecule has 0 aliphatic carbocycles. The summed E-state index contributed by atoms with van der Waals surface area (Å²) < 4.78 is 0.959. The van der Waals surface area contributed by atoms with Crippen molar-refractivity contribution in [3.8, 4) is 6.07 Å². The van der Waals surface area contributed by atoms with E-state index in [0.29, 0.717) is 11.6 Å². The molecule has 2 rings (SSSR count). The minimum absolute atomic E-state index is 0.352. The molecule has 0 radical (unpaired) electrons. The molecule has 0 saturated carbocycles. The lowest BCUT2D eigenvalue weighted by Gasteiger charge is -2.07. The van der Waals surface area contributed by atoms with Crippen molar-refractivity contribution in [1.29, 1.82) is 5.26 Å². The van der Waals surface area contributed by atoms with Gasteiger partial charge in [-0.2, -0.15) is 5.26 Å². The molecule has 3 nitrogen and oxygen atoms in total. The Labute approximate surface area is 97.0 Å². The number of hydrogen-bond acceptors (Lipinski definition) is 3. The van der Waals surface area contributed by atoms with Crippen LogP contribution in [0.25, 0.3) is 0 Å². The molecule has 1 aliphatic heterocycles. The van der Waals surface area contributed by atoms with Crippen molar-refractivity contribution < 1.29 is 0 Å². The Morgan fingerprint density at radius 3 is 3.00 bits per heavy atom. The van der Waals surface area contributed by atoms with Gasteiger partial charge in [-0.25, -0.2) is 0 Å². The molecule has 0 spiro atoms. The standard InChI is InChI=1S/C11H10BrN3/c1-7-6-14-11(15-7)10-4-9(12)3-2-8(10)5-13/h2-4,7H,6H2,1H3,(H,14,15). The van der Waals surface area contributed by atoms with Gasteiger partial charge < -0.3 is 5.32 Å². The predicted molar refractivity (Wildman–Crippen MR) is 62.9 cm³/mol. The summed E-state index contributed by atoms with van der Waals surface area (Å²) in [5.74, 6) is 0.820. The van der Waals surface area contributed by atoms with E-state index in [9.17, 15) is 0 Å². The van der Waals surface area contributed by atoms with Crippen LogP contribution in [0.1, 0.15) is 18.1 Å². The fourth-order valence-electron chi connectivity index (χ4n) is 1.53. The van der Waals surface area contributed by atoms with Crippen molar-refractivity contribution in [3.63, 3.8) is 0 Å². The van der Waals surface area contributed by atoms with E-state index in [0.717, 1.165) is 22.4 Å². The first-order valence-corrected chi connectivity index (χ1v) is 5.51. The molecule has 0 amide bonds. The molecular weight excluding hydrogens is 254 g/mol. The minimum atomic E-state index is 0.352. The first-order chi connectivity index (χ1) is 7.20. The highest BCUT2D eigenvalue weighted by Gasteiger charge is 2.17. The molecule has 1 N–H and O–H groups in total. The van der Waals surface area contributed by atoms with Crippen LogP contribution in [0, 0.1) is 11.3 Å². The Kier molecular flexibility index (Phi) is 2.74. The van der Waals surface area contributed by atoms with E-state index >= 15 is 0 Å². The average molecular weight is 264 g/mol.